The molecule has 1 heterocycles. The topological polar surface area (TPSA) is 52.9 Å². The second-order valence-electron chi connectivity index (χ2n) is 6.16. The minimum atomic E-state index is -0.0737. The summed E-state index contributed by atoms with van der Waals surface area (Å²) >= 11 is 0. The van der Waals surface area contributed by atoms with Crippen LogP contribution in [0.4, 0.5) is 5.69 Å². The van der Waals surface area contributed by atoms with Crippen LogP contribution < -0.4 is 11.3 Å². The predicted octanol–water partition coefficient (Wildman–Crippen LogP) is 3.13. The van der Waals surface area contributed by atoms with E-state index in [4.69, 9.17) is 5.73 Å². The Hall–Kier alpha value is -1.97. The first-order chi connectivity index (χ1) is 10.0. The van der Waals surface area contributed by atoms with Crippen LogP contribution in [0.5, 0.6) is 0 Å². The molecule has 1 aromatic carbocycles. The maximum Gasteiger partial charge on any atom is 0.294 e. The zero-order chi connectivity index (χ0) is 15.1. The molecule has 3 rings (SSSR count). The van der Waals surface area contributed by atoms with Crippen molar-refractivity contribution in [2.45, 2.75) is 52.5 Å². The van der Waals surface area contributed by atoms with Gasteiger partial charge in [-0.2, -0.15) is 0 Å². The predicted molar refractivity (Wildman–Crippen MR) is 86.2 cm³/mol. The van der Waals surface area contributed by atoms with E-state index in [1.807, 2.05) is 0 Å². The summed E-state index contributed by atoms with van der Waals surface area (Å²) in [4.78, 5) is 12.7. The Morgan fingerprint density at radius 1 is 1.19 bits per heavy atom. The van der Waals surface area contributed by atoms with Crippen molar-refractivity contribution >= 4 is 5.69 Å². The number of hydrogen-bond donors (Lipinski definition) is 1. The molecule has 21 heavy (non-hydrogen) atoms. The Kier molecular flexibility index (Phi) is 3.40. The third-order valence-electron chi connectivity index (χ3n) is 4.07. The quantitative estimate of drug-likeness (QED) is 0.938. The number of nitrogens with zero attached hydrogens (tertiary/aromatic N) is 2. The Labute approximate surface area is 125 Å². The Morgan fingerprint density at radius 3 is 2.33 bits per heavy atom. The van der Waals surface area contributed by atoms with Crippen LogP contribution in [0, 0.1) is 13.8 Å². The van der Waals surface area contributed by atoms with Crippen molar-refractivity contribution < 1.29 is 0 Å². The normalized spacial score (nSPS) is 14.6. The third-order valence-corrected chi connectivity index (χ3v) is 4.07. The van der Waals surface area contributed by atoms with Gasteiger partial charge >= 0.3 is 0 Å². The molecule has 0 bridgehead atoms. The lowest BCUT2D eigenvalue weighted by Crippen LogP contribution is -2.22. The molecule has 2 N–H and O–H groups in total. The van der Waals surface area contributed by atoms with E-state index in [1.165, 1.54) is 0 Å². The second-order valence-corrected chi connectivity index (χ2v) is 6.16. The highest BCUT2D eigenvalue weighted by atomic mass is 16.1. The number of nitrogens with two attached hydrogens (primary N) is 1. The summed E-state index contributed by atoms with van der Waals surface area (Å²) in [5, 5.41) is 0. The third kappa shape index (κ3) is 2.39. The van der Waals surface area contributed by atoms with E-state index in [9.17, 15) is 4.79 Å². The van der Waals surface area contributed by atoms with Crippen molar-refractivity contribution in [2.75, 3.05) is 5.73 Å². The van der Waals surface area contributed by atoms with Crippen LogP contribution in [0.15, 0.2) is 23.0 Å². The number of rotatable bonds is 4. The Bertz CT molecular complexity index is 715. The van der Waals surface area contributed by atoms with Gasteiger partial charge < -0.3 is 5.73 Å². The van der Waals surface area contributed by atoms with Gasteiger partial charge in [0.1, 0.15) is 5.69 Å². The molecule has 0 spiro atoms. The summed E-state index contributed by atoms with van der Waals surface area (Å²) in [7, 11) is 0. The molecule has 0 saturated heterocycles. The Balaban J connectivity index is 2.25. The van der Waals surface area contributed by atoms with Crippen molar-refractivity contribution in [1.82, 2.24) is 9.36 Å². The van der Waals surface area contributed by atoms with Gasteiger partial charge in [-0.25, -0.2) is 4.68 Å². The summed E-state index contributed by atoms with van der Waals surface area (Å²) in [6.07, 6.45) is 3.27. The monoisotopic (exact) mass is 285 g/mol. The van der Waals surface area contributed by atoms with Gasteiger partial charge in [-0.1, -0.05) is 13.0 Å². The van der Waals surface area contributed by atoms with E-state index in [-0.39, 0.29) is 5.56 Å². The largest absolute Gasteiger partial charge is 0.393 e. The highest BCUT2D eigenvalue weighted by molar-refractivity contribution is 5.49. The number of anilines is 1. The van der Waals surface area contributed by atoms with Crippen LogP contribution in [0.3, 0.4) is 0 Å². The first-order valence-corrected chi connectivity index (χ1v) is 7.72. The minimum absolute atomic E-state index is 0.0737. The molecular weight excluding hydrogens is 262 g/mol. The average Bonchev–Trinajstić information content (AvgIpc) is 3.19. The van der Waals surface area contributed by atoms with Crippen molar-refractivity contribution in [3.8, 4) is 5.69 Å². The van der Waals surface area contributed by atoms with Crippen molar-refractivity contribution in [2.24, 2.45) is 0 Å². The number of benzene rings is 1. The number of aromatic nitrogens is 2. The maximum absolute atomic E-state index is 12.7. The number of hydrogen-bond acceptors (Lipinski definition) is 2. The molecule has 4 nitrogen and oxygen atoms in total. The summed E-state index contributed by atoms with van der Waals surface area (Å²) < 4.78 is 3.87. The van der Waals surface area contributed by atoms with Crippen molar-refractivity contribution in [3.05, 3.63) is 45.4 Å². The van der Waals surface area contributed by atoms with Gasteiger partial charge in [0.25, 0.3) is 5.56 Å². The molecule has 1 fully saturated rings. The molecule has 0 atom stereocenters. The summed E-state index contributed by atoms with van der Waals surface area (Å²) in [5.74, 6) is 0.469. The summed E-state index contributed by atoms with van der Waals surface area (Å²) in [6.45, 7) is 7.06. The molecule has 0 aliphatic heterocycles. The maximum atomic E-state index is 12.7. The smallest absolute Gasteiger partial charge is 0.294 e. The highest BCUT2D eigenvalue weighted by Gasteiger charge is 2.32. The molecule has 2 aromatic rings. The molecule has 1 aliphatic rings. The minimum Gasteiger partial charge on any atom is -0.393 e. The number of nitrogen functional groups attached to an aromatic ring is 1. The molecule has 112 valence electrons. The Morgan fingerprint density at radius 2 is 1.81 bits per heavy atom. The van der Waals surface area contributed by atoms with Crippen LogP contribution in [0.25, 0.3) is 5.69 Å². The summed E-state index contributed by atoms with van der Waals surface area (Å²) in [6, 6.07) is 6.22. The van der Waals surface area contributed by atoms with Crippen LogP contribution in [-0.4, -0.2) is 9.36 Å². The molecule has 1 saturated carbocycles. The van der Waals surface area contributed by atoms with Gasteiger partial charge in [0.15, 0.2) is 0 Å². The SMILES string of the molecule is CCCn1c(C2CC2)c(N)c(=O)n1-c1cc(C)cc(C)c1. The highest BCUT2D eigenvalue weighted by Crippen LogP contribution is 2.42. The van der Waals surface area contributed by atoms with Crippen LogP contribution in [-0.2, 0) is 6.54 Å². The van der Waals surface area contributed by atoms with Crippen LogP contribution in [0.2, 0.25) is 0 Å². The first kappa shape index (κ1) is 14.0. The average molecular weight is 285 g/mol. The van der Waals surface area contributed by atoms with Crippen LogP contribution >= 0.6 is 0 Å². The van der Waals surface area contributed by atoms with Gasteiger partial charge in [0.2, 0.25) is 0 Å². The number of aryl methyl sites for hydroxylation is 2. The van der Waals surface area contributed by atoms with Gasteiger partial charge in [-0.05, 0) is 56.4 Å². The first-order valence-electron chi connectivity index (χ1n) is 7.72. The lowest BCUT2D eigenvalue weighted by atomic mass is 10.1. The fraction of sp³-hybridized carbons (Fsp3) is 0.471. The molecular formula is C17H23N3O. The van der Waals surface area contributed by atoms with Crippen molar-refractivity contribution in [1.29, 1.82) is 0 Å². The molecule has 0 amide bonds. The van der Waals surface area contributed by atoms with E-state index in [0.717, 1.165) is 48.3 Å². The molecule has 4 heteroatoms. The van der Waals surface area contributed by atoms with Crippen molar-refractivity contribution in [3.63, 3.8) is 0 Å². The molecule has 0 radical (unpaired) electrons. The molecule has 0 unspecified atom stereocenters. The van der Waals surface area contributed by atoms with E-state index in [0.29, 0.717) is 11.6 Å². The fourth-order valence-electron chi connectivity index (χ4n) is 3.13. The second kappa shape index (κ2) is 5.10. The van der Waals surface area contributed by atoms with Crippen LogP contribution in [0.1, 0.15) is 48.9 Å². The molecule has 1 aromatic heterocycles. The zero-order valence-corrected chi connectivity index (χ0v) is 13.0. The molecule has 1 aliphatic carbocycles. The zero-order valence-electron chi connectivity index (χ0n) is 13.0. The van der Waals surface area contributed by atoms with Gasteiger partial charge in [0.05, 0.1) is 11.4 Å². The van der Waals surface area contributed by atoms with Gasteiger partial charge in [0, 0.05) is 12.5 Å². The van der Waals surface area contributed by atoms with E-state index >= 15 is 0 Å². The van der Waals surface area contributed by atoms with E-state index < -0.39 is 0 Å². The lowest BCUT2D eigenvalue weighted by molar-refractivity contribution is 0.514. The van der Waals surface area contributed by atoms with E-state index in [2.05, 4.69) is 43.7 Å². The van der Waals surface area contributed by atoms with Gasteiger partial charge in [-0.15, -0.1) is 0 Å². The lowest BCUT2D eigenvalue weighted by Gasteiger charge is -2.15. The van der Waals surface area contributed by atoms with Gasteiger partial charge in [-0.3, -0.25) is 9.48 Å². The summed E-state index contributed by atoms with van der Waals surface area (Å²) in [5.41, 5.74) is 10.8. The van der Waals surface area contributed by atoms with E-state index in [1.54, 1.807) is 4.68 Å². The fourth-order valence-corrected chi connectivity index (χ4v) is 3.13. The standard InChI is InChI=1S/C17H23N3O/c1-4-7-19-16(13-5-6-13)15(18)17(21)20(19)14-9-11(2)8-12(3)10-14/h8-10,13H,4-7,18H2,1-3H3.